The Balaban J connectivity index is 2.14. The number of benzene rings is 1. The molecule has 1 aromatic rings. The smallest absolute Gasteiger partial charge is 0.125 e. The predicted molar refractivity (Wildman–Crippen MR) is 81.4 cm³/mol. The van der Waals surface area contributed by atoms with Crippen molar-refractivity contribution in [2.45, 2.75) is 52.2 Å². The fraction of sp³-hybridized carbons (Fsp3) is 0.625. The van der Waals surface area contributed by atoms with E-state index in [9.17, 15) is 5.11 Å². The molecule has 0 bridgehead atoms. The van der Waals surface area contributed by atoms with Crippen LogP contribution >= 0.6 is 15.9 Å². The fourth-order valence-corrected chi connectivity index (χ4v) is 3.48. The van der Waals surface area contributed by atoms with E-state index in [0.29, 0.717) is 0 Å². The van der Waals surface area contributed by atoms with Crippen LogP contribution in [0, 0.1) is 11.8 Å². The maximum atomic E-state index is 9.86. The summed E-state index contributed by atoms with van der Waals surface area (Å²) in [5.41, 5.74) is 0.861. The van der Waals surface area contributed by atoms with E-state index in [4.69, 9.17) is 4.74 Å². The van der Waals surface area contributed by atoms with Crippen LogP contribution in [0.5, 0.6) is 5.75 Å². The van der Waals surface area contributed by atoms with Crippen molar-refractivity contribution in [1.29, 1.82) is 0 Å². The maximum absolute atomic E-state index is 9.86. The highest BCUT2D eigenvalue weighted by molar-refractivity contribution is 9.10. The summed E-state index contributed by atoms with van der Waals surface area (Å²) in [5, 5.41) is 9.86. The minimum Gasteiger partial charge on any atom is -0.490 e. The molecule has 0 heterocycles. The van der Waals surface area contributed by atoms with E-state index >= 15 is 0 Å². The van der Waals surface area contributed by atoms with Gasteiger partial charge in [-0.1, -0.05) is 29.8 Å². The molecular formula is C16H23BrO2. The van der Waals surface area contributed by atoms with Gasteiger partial charge in [-0.3, -0.25) is 0 Å². The molecule has 1 aliphatic carbocycles. The third-order valence-electron chi connectivity index (χ3n) is 3.85. The van der Waals surface area contributed by atoms with E-state index in [-0.39, 0.29) is 6.10 Å². The number of aliphatic hydroxyl groups excluding tert-OH is 1. The summed E-state index contributed by atoms with van der Waals surface area (Å²) in [6.45, 7) is 6.37. The van der Waals surface area contributed by atoms with Gasteiger partial charge in [0.1, 0.15) is 5.75 Å². The summed E-state index contributed by atoms with van der Waals surface area (Å²) >= 11 is 3.44. The van der Waals surface area contributed by atoms with E-state index < -0.39 is 6.10 Å². The van der Waals surface area contributed by atoms with Crippen LogP contribution in [-0.2, 0) is 0 Å². The molecule has 1 aromatic carbocycles. The number of aliphatic hydroxyl groups is 1. The highest BCUT2D eigenvalue weighted by atomic mass is 79.9. The second-order valence-corrected chi connectivity index (χ2v) is 6.93. The molecular weight excluding hydrogens is 304 g/mol. The third-order valence-corrected chi connectivity index (χ3v) is 4.34. The molecule has 0 aliphatic heterocycles. The third kappa shape index (κ3) is 3.96. The molecule has 3 heteroatoms. The topological polar surface area (TPSA) is 29.5 Å². The predicted octanol–water partition coefficient (Wildman–Crippen LogP) is 4.71. The van der Waals surface area contributed by atoms with Gasteiger partial charge in [0.25, 0.3) is 0 Å². The lowest BCUT2D eigenvalue weighted by atomic mass is 9.82. The SMILES string of the molecule is CC1CC(C)CC(Oc2ccc(Br)cc2[C@H](C)O)C1. The van der Waals surface area contributed by atoms with E-state index in [1.807, 2.05) is 18.2 Å². The molecule has 2 nitrogen and oxygen atoms in total. The lowest BCUT2D eigenvalue weighted by molar-refractivity contribution is 0.0959. The largest absolute Gasteiger partial charge is 0.490 e. The van der Waals surface area contributed by atoms with Crippen molar-refractivity contribution in [2.24, 2.45) is 11.8 Å². The van der Waals surface area contributed by atoms with Crippen LogP contribution in [0.4, 0.5) is 0 Å². The molecule has 3 atom stereocenters. The number of hydrogen-bond donors (Lipinski definition) is 1. The van der Waals surface area contributed by atoms with Crippen molar-refractivity contribution in [3.05, 3.63) is 28.2 Å². The van der Waals surface area contributed by atoms with Gasteiger partial charge in [0.15, 0.2) is 0 Å². The summed E-state index contributed by atoms with van der Waals surface area (Å²) in [6, 6.07) is 5.86. The minimum atomic E-state index is -0.508. The van der Waals surface area contributed by atoms with Gasteiger partial charge in [-0.15, -0.1) is 0 Å². The second kappa shape index (κ2) is 6.27. The summed E-state index contributed by atoms with van der Waals surface area (Å²) in [5.74, 6) is 2.27. The monoisotopic (exact) mass is 326 g/mol. The van der Waals surface area contributed by atoms with Crippen LogP contribution < -0.4 is 4.74 Å². The Kier molecular flexibility index (Phi) is 4.91. The van der Waals surface area contributed by atoms with Crippen LogP contribution in [0.1, 0.15) is 51.7 Å². The van der Waals surface area contributed by atoms with Gasteiger partial charge in [0.2, 0.25) is 0 Å². The van der Waals surface area contributed by atoms with Crippen molar-refractivity contribution in [3.8, 4) is 5.75 Å². The van der Waals surface area contributed by atoms with Crippen LogP contribution in [0.25, 0.3) is 0 Å². The first-order valence-electron chi connectivity index (χ1n) is 7.10. The quantitative estimate of drug-likeness (QED) is 0.871. The Morgan fingerprint density at radius 2 is 1.84 bits per heavy atom. The van der Waals surface area contributed by atoms with Gasteiger partial charge in [0, 0.05) is 10.0 Å². The molecule has 19 heavy (non-hydrogen) atoms. The zero-order chi connectivity index (χ0) is 14.0. The Morgan fingerprint density at radius 3 is 2.42 bits per heavy atom. The van der Waals surface area contributed by atoms with Gasteiger partial charge in [-0.2, -0.15) is 0 Å². The molecule has 1 fully saturated rings. The molecule has 1 aliphatic rings. The first-order chi connectivity index (χ1) is 8.95. The summed E-state index contributed by atoms with van der Waals surface area (Å²) in [6.07, 6.45) is 3.28. The van der Waals surface area contributed by atoms with Crippen LogP contribution in [0.2, 0.25) is 0 Å². The van der Waals surface area contributed by atoms with Gasteiger partial charge in [-0.25, -0.2) is 0 Å². The molecule has 0 aromatic heterocycles. The number of hydrogen-bond acceptors (Lipinski definition) is 2. The molecule has 2 rings (SSSR count). The lowest BCUT2D eigenvalue weighted by Gasteiger charge is -2.32. The first kappa shape index (κ1) is 14.9. The van der Waals surface area contributed by atoms with Crippen molar-refractivity contribution in [2.75, 3.05) is 0 Å². The minimum absolute atomic E-state index is 0.275. The molecule has 2 unspecified atom stereocenters. The van der Waals surface area contributed by atoms with E-state index in [0.717, 1.165) is 40.5 Å². The average Bonchev–Trinajstić information content (AvgIpc) is 2.30. The van der Waals surface area contributed by atoms with Crippen molar-refractivity contribution >= 4 is 15.9 Å². The number of rotatable bonds is 3. The normalized spacial score (nSPS) is 29.0. The zero-order valence-corrected chi connectivity index (χ0v) is 13.5. The first-order valence-corrected chi connectivity index (χ1v) is 7.89. The zero-order valence-electron chi connectivity index (χ0n) is 11.9. The van der Waals surface area contributed by atoms with Gasteiger partial charge >= 0.3 is 0 Å². The summed E-state index contributed by atoms with van der Waals surface area (Å²) in [4.78, 5) is 0. The molecule has 106 valence electrons. The Bertz CT molecular complexity index is 421. The summed E-state index contributed by atoms with van der Waals surface area (Å²) in [7, 11) is 0. The average molecular weight is 327 g/mol. The molecule has 0 saturated heterocycles. The van der Waals surface area contributed by atoms with Crippen LogP contribution in [-0.4, -0.2) is 11.2 Å². The number of halogens is 1. The molecule has 1 saturated carbocycles. The van der Waals surface area contributed by atoms with E-state index in [2.05, 4.69) is 29.8 Å². The second-order valence-electron chi connectivity index (χ2n) is 6.02. The van der Waals surface area contributed by atoms with Crippen molar-refractivity contribution in [1.82, 2.24) is 0 Å². The van der Waals surface area contributed by atoms with Gasteiger partial charge in [-0.05, 0) is 56.2 Å². The van der Waals surface area contributed by atoms with Gasteiger partial charge in [0.05, 0.1) is 12.2 Å². The molecule has 0 radical (unpaired) electrons. The molecule has 1 N–H and O–H groups in total. The summed E-state index contributed by atoms with van der Waals surface area (Å²) < 4.78 is 7.14. The van der Waals surface area contributed by atoms with E-state index in [1.54, 1.807) is 6.92 Å². The highest BCUT2D eigenvalue weighted by Gasteiger charge is 2.26. The fourth-order valence-electron chi connectivity index (χ4n) is 3.10. The van der Waals surface area contributed by atoms with Crippen LogP contribution in [0.3, 0.4) is 0 Å². The number of ether oxygens (including phenoxy) is 1. The Morgan fingerprint density at radius 1 is 1.21 bits per heavy atom. The standard InChI is InChI=1S/C16H23BrO2/c1-10-6-11(2)8-14(7-10)19-16-5-4-13(17)9-15(16)12(3)18/h4-5,9-12,14,18H,6-8H2,1-3H3/t10?,11?,12-,14?/m0/s1. The molecule has 0 spiro atoms. The van der Waals surface area contributed by atoms with Gasteiger partial charge < -0.3 is 9.84 Å². The lowest BCUT2D eigenvalue weighted by Crippen LogP contribution is -2.28. The molecule has 0 amide bonds. The Hall–Kier alpha value is -0.540. The van der Waals surface area contributed by atoms with E-state index in [1.165, 1.54) is 6.42 Å². The maximum Gasteiger partial charge on any atom is 0.125 e. The van der Waals surface area contributed by atoms with Crippen molar-refractivity contribution < 1.29 is 9.84 Å². The highest BCUT2D eigenvalue weighted by Crippen LogP contribution is 2.34. The Labute approximate surface area is 124 Å². The van der Waals surface area contributed by atoms with Crippen molar-refractivity contribution in [3.63, 3.8) is 0 Å². The van der Waals surface area contributed by atoms with Crippen LogP contribution in [0.15, 0.2) is 22.7 Å².